The highest BCUT2D eigenvalue weighted by Gasteiger charge is 2.22. The van der Waals surface area contributed by atoms with Crippen molar-refractivity contribution in [2.24, 2.45) is 0 Å². The van der Waals surface area contributed by atoms with E-state index in [1.807, 2.05) is 21.1 Å². The quantitative estimate of drug-likeness (QED) is 0.0195. The van der Waals surface area contributed by atoms with Crippen LogP contribution in [0.4, 0.5) is 0 Å². The highest BCUT2D eigenvalue weighted by molar-refractivity contribution is 7.45. The van der Waals surface area contributed by atoms with Crippen molar-refractivity contribution in [3.8, 4) is 0 Å². The number of allylic oxidation sites excluding steroid dienone is 12. The first-order valence-corrected chi connectivity index (χ1v) is 45.1. The molecule has 0 aliphatic rings. The van der Waals surface area contributed by atoms with Crippen molar-refractivity contribution in [3.05, 3.63) is 72.9 Å². The molecule has 0 aromatic carbocycles. The van der Waals surface area contributed by atoms with Crippen molar-refractivity contribution < 1.29 is 42.1 Å². The molecule has 0 radical (unpaired) electrons. The minimum Gasteiger partial charge on any atom is -0.756 e. The van der Waals surface area contributed by atoms with Gasteiger partial charge >= 0.3 is 11.9 Å². The molecule has 0 heterocycles. The number of phosphoric acid groups is 1. The Balaban J connectivity index is 3.86. The van der Waals surface area contributed by atoms with E-state index in [1.54, 1.807) is 0 Å². The number of phosphoric ester groups is 1. The van der Waals surface area contributed by atoms with Crippen LogP contribution >= 0.6 is 7.82 Å². The first-order chi connectivity index (χ1) is 49.0. The van der Waals surface area contributed by atoms with Crippen LogP contribution in [-0.4, -0.2) is 70.0 Å². The summed E-state index contributed by atoms with van der Waals surface area (Å²) in [4.78, 5) is 38.2. The number of rotatable bonds is 82. The molecule has 0 spiro atoms. The number of hydrogen-bond acceptors (Lipinski definition) is 8. The molecule has 0 saturated heterocycles. The fourth-order valence-electron chi connectivity index (χ4n) is 13.1. The van der Waals surface area contributed by atoms with Gasteiger partial charge in [0.25, 0.3) is 7.82 Å². The zero-order chi connectivity index (χ0) is 72.5. The van der Waals surface area contributed by atoms with Gasteiger partial charge in [0.2, 0.25) is 0 Å². The maximum atomic E-state index is 12.9. The first kappa shape index (κ1) is 97.4. The molecule has 0 aromatic heterocycles. The Kier molecular flexibility index (Phi) is 78.5. The number of hydrogen-bond donors (Lipinski definition) is 0. The minimum absolute atomic E-state index is 0.0282. The molecule has 0 aliphatic carbocycles. The Hall–Kier alpha value is -2.55. The average molecular weight is 1420 g/mol. The van der Waals surface area contributed by atoms with Crippen LogP contribution in [0.3, 0.4) is 0 Å². The Bertz CT molecular complexity index is 1920. The van der Waals surface area contributed by atoms with E-state index in [0.29, 0.717) is 17.4 Å². The summed E-state index contributed by atoms with van der Waals surface area (Å²) in [6, 6.07) is 0. The lowest BCUT2D eigenvalue weighted by Crippen LogP contribution is -2.37. The van der Waals surface area contributed by atoms with Crippen molar-refractivity contribution in [2.45, 2.75) is 444 Å². The van der Waals surface area contributed by atoms with Gasteiger partial charge in [0.15, 0.2) is 6.10 Å². The maximum absolute atomic E-state index is 12.9. The number of nitrogens with zero attached hydrogens (tertiary/aromatic N) is 1. The smallest absolute Gasteiger partial charge is 0.306 e. The SMILES string of the molecule is CC/C=C\C/C=C\C/C=C\C/C=C\C/C=C\CCCCCCCCCCCCCCCCCCCCCCCCCCCC(=O)OC(COC(=O)CCCCCCCCCCCCCCCCCCCCCCCCC/C=C\CCCCCCCCCC)COP(=O)([O-])OCC[N+](C)(C)C. The van der Waals surface area contributed by atoms with Crippen LogP contribution in [0.25, 0.3) is 0 Å². The molecule has 0 amide bonds. The van der Waals surface area contributed by atoms with Gasteiger partial charge in [0.1, 0.15) is 19.8 Å². The highest BCUT2D eigenvalue weighted by Crippen LogP contribution is 2.38. The topological polar surface area (TPSA) is 111 Å². The summed E-state index contributed by atoms with van der Waals surface area (Å²) in [6.07, 6.45) is 111. The van der Waals surface area contributed by atoms with Gasteiger partial charge in [-0.05, 0) is 83.5 Å². The number of quaternary nitrogens is 1. The van der Waals surface area contributed by atoms with E-state index in [-0.39, 0.29) is 32.0 Å². The van der Waals surface area contributed by atoms with E-state index in [9.17, 15) is 19.0 Å². The predicted octanol–water partition coefficient (Wildman–Crippen LogP) is 28.8. The molecule has 2 atom stereocenters. The first-order valence-electron chi connectivity index (χ1n) is 43.6. The third kappa shape index (κ3) is 84.4. The molecule has 0 rings (SSSR count). The fourth-order valence-corrected chi connectivity index (χ4v) is 13.8. The number of ether oxygens (including phenoxy) is 2. The molecule has 10 heteroatoms. The van der Waals surface area contributed by atoms with Crippen LogP contribution in [0, 0.1) is 0 Å². The molecule has 586 valence electrons. The molecule has 0 saturated carbocycles. The molecule has 0 fully saturated rings. The van der Waals surface area contributed by atoms with E-state index in [1.165, 1.54) is 340 Å². The van der Waals surface area contributed by atoms with Crippen LogP contribution < -0.4 is 4.89 Å². The molecule has 2 unspecified atom stereocenters. The van der Waals surface area contributed by atoms with Crippen molar-refractivity contribution in [1.82, 2.24) is 0 Å². The largest absolute Gasteiger partial charge is 0.756 e. The summed E-state index contributed by atoms with van der Waals surface area (Å²) >= 11 is 0. The van der Waals surface area contributed by atoms with E-state index in [4.69, 9.17) is 18.5 Å². The van der Waals surface area contributed by atoms with Gasteiger partial charge in [-0.25, -0.2) is 0 Å². The lowest BCUT2D eigenvalue weighted by Gasteiger charge is -2.28. The molecule has 0 bridgehead atoms. The number of esters is 2. The second-order valence-electron chi connectivity index (χ2n) is 30.9. The predicted molar refractivity (Wildman–Crippen MR) is 434 cm³/mol. The molecular weight excluding hydrogens is 1250 g/mol. The van der Waals surface area contributed by atoms with Crippen molar-refractivity contribution in [2.75, 3.05) is 47.5 Å². The molecule has 0 aromatic rings. The molecular formula is C90H168NO8P. The Morgan fingerprint density at radius 2 is 0.570 bits per heavy atom. The van der Waals surface area contributed by atoms with Gasteiger partial charge < -0.3 is 27.9 Å². The number of likely N-dealkylation sites (N-methyl/N-ethyl adjacent to an activating group) is 1. The third-order valence-corrected chi connectivity index (χ3v) is 20.7. The normalized spacial score (nSPS) is 13.3. The van der Waals surface area contributed by atoms with Gasteiger partial charge in [-0.15, -0.1) is 0 Å². The van der Waals surface area contributed by atoms with E-state index in [0.717, 1.165) is 64.2 Å². The minimum atomic E-state index is -4.65. The molecule has 9 nitrogen and oxygen atoms in total. The Morgan fingerprint density at radius 1 is 0.320 bits per heavy atom. The lowest BCUT2D eigenvalue weighted by atomic mass is 10.0. The summed E-state index contributed by atoms with van der Waals surface area (Å²) in [7, 11) is 1.19. The third-order valence-electron chi connectivity index (χ3n) is 19.7. The van der Waals surface area contributed by atoms with Crippen LogP contribution in [-0.2, 0) is 32.7 Å². The summed E-state index contributed by atoms with van der Waals surface area (Å²) < 4.78 is 34.5. The summed E-state index contributed by atoms with van der Waals surface area (Å²) in [5.74, 6) is -0.807. The number of carbonyl (C=O) groups excluding carboxylic acids is 2. The van der Waals surface area contributed by atoms with Crippen molar-refractivity contribution in [1.29, 1.82) is 0 Å². The second-order valence-corrected chi connectivity index (χ2v) is 32.3. The molecule has 100 heavy (non-hydrogen) atoms. The van der Waals surface area contributed by atoms with Gasteiger partial charge in [-0.3, -0.25) is 14.2 Å². The Labute approximate surface area is 622 Å². The summed E-state index contributed by atoms with van der Waals surface area (Å²) in [5.41, 5.74) is 0. The number of carbonyl (C=O) groups is 2. The lowest BCUT2D eigenvalue weighted by molar-refractivity contribution is -0.870. The van der Waals surface area contributed by atoms with Gasteiger partial charge in [0.05, 0.1) is 27.7 Å². The summed E-state index contributed by atoms with van der Waals surface area (Å²) in [5, 5.41) is 0. The highest BCUT2D eigenvalue weighted by atomic mass is 31.2. The van der Waals surface area contributed by atoms with E-state index < -0.39 is 26.5 Å². The van der Waals surface area contributed by atoms with Crippen LogP contribution in [0.15, 0.2) is 72.9 Å². The second kappa shape index (κ2) is 80.5. The van der Waals surface area contributed by atoms with E-state index in [2.05, 4.69) is 86.8 Å². The number of unbranched alkanes of at least 4 members (excludes halogenated alkanes) is 56. The fraction of sp³-hybridized carbons (Fsp3) is 0.844. The summed E-state index contributed by atoms with van der Waals surface area (Å²) in [6.45, 7) is 4.20. The average Bonchev–Trinajstić information content (AvgIpc) is 1.30. The van der Waals surface area contributed by atoms with Gasteiger partial charge in [-0.1, -0.05) is 414 Å². The monoisotopic (exact) mass is 1420 g/mol. The van der Waals surface area contributed by atoms with Crippen molar-refractivity contribution in [3.63, 3.8) is 0 Å². The van der Waals surface area contributed by atoms with Crippen LogP contribution in [0.5, 0.6) is 0 Å². The van der Waals surface area contributed by atoms with Crippen LogP contribution in [0.2, 0.25) is 0 Å². The van der Waals surface area contributed by atoms with Crippen LogP contribution in [0.1, 0.15) is 438 Å². The van der Waals surface area contributed by atoms with Gasteiger partial charge in [0, 0.05) is 12.8 Å². The van der Waals surface area contributed by atoms with E-state index >= 15 is 0 Å². The molecule has 0 aliphatic heterocycles. The molecule has 0 N–H and O–H groups in total. The Morgan fingerprint density at radius 3 is 0.860 bits per heavy atom. The van der Waals surface area contributed by atoms with Crippen molar-refractivity contribution >= 4 is 19.8 Å². The zero-order valence-electron chi connectivity index (χ0n) is 67.2. The standard InChI is InChI=1S/C90H168NO8P/c1-6-8-10-12-14-16-18-20-22-24-26-28-30-32-34-36-38-40-42-43-44-45-46-47-49-51-53-55-57-59-61-63-65-67-69-71-73-75-77-79-81-83-90(93)99-88(87-98-100(94,95)97-85-84-91(3,4)5)86-96-89(92)82-80-78-76-74-72-70-68-66-64-62-60-58-56-54-52-50-48-41-39-37-35-33-31-29-27-25-23-21-19-17-15-13-11-9-7-2/h8,10,14,16,20,22,25-28,32,34,88H,6-7,9,11-13,15,17-19,21,23-24,29-31,33,35-87H2,1-5H3/b10-8-,16-14-,22-20-,27-25-,28-26-,34-32-. The maximum Gasteiger partial charge on any atom is 0.306 e. The van der Waals surface area contributed by atoms with Gasteiger partial charge in [-0.2, -0.15) is 0 Å². The zero-order valence-corrected chi connectivity index (χ0v) is 68.1.